The smallest absolute Gasteiger partial charge is 0.280 e. The first kappa shape index (κ1) is 13.4. The van der Waals surface area contributed by atoms with Crippen LogP contribution in [0.1, 0.15) is 39.5 Å². The molecule has 0 aromatic carbocycles. The maximum absolute atomic E-state index is 11.8. The van der Waals surface area contributed by atoms with Crippen LogP contribution < -0.4 is 5.32 Å². The van der Waals surface area contributed by atoms with E-state index in [4.69, 9.17) is 0 Å². The SMILES string of the molecule is C=CC[C@@]1(SC(=O)NC(C)C)C=CCCC1. The molecule has 0 aromatic heterocycles. The van der Waals surface area contributed by atoms with Gasteiger partial charge in [0.15, 0.2) is 0 Å². The van der Waals surface area contributed by atoms with Gasteiger partial charge in [0, 0.05) is 10.8 Å². The van der Waals surface area contributed by atoms with Gasteiger partial charge in [-0.15, -0.1) is 6.58 Å². The molecule has 0 radical (unpaired) electrons. The molecule has 90 valence electrons. The van der Waals surface area contributed by atoms with Crippen LogP contribution in [-0.4, -0.2) is 16.0 Å². The van der Waals surface area contributed by atoms with Gasteiger partial charge in [0.25, 0.3) is 5.24 Å². The fraction of sp³-hybridized carbons (Fsp3) is 0.615. The second-order valence-corrected chi connectivity index (χ2v) is 5.93. The van der Waals surface area contributed by atoms with Crippen LogP contribution in [-0.2, 0) is 0 Å². The lowest BCUT2D eigenvalue weighted by Crippen LogP contribution is -2.33. The summed E-state index contributed by atoms with van der Waals surface area (Å²) in [6, 6.07) is 0.202. The molecule has 0 saturated carbocycles. The van der Waals surface area contributed by atoms with Gasteiger partial charge >= 0.3 is 0 Å². The number of amides is 1. The number of carbonyl (C=O) groups excluding carboxylic acids is 1. The van der Waals surface area contributed by atoms with Crippen LogP contribution in [0.15, 0.2) is 24.8 Å². The standard InChI is InChI=1S/C13H21NOS/c1-4-8-13(9-6-5-7-10-13)16-12(15)14-11(2)3/h4,6,9,11H,1,5,7-8,10H2,2-3H3,(H,14,15)/t13-/m1/s1. The van der Waals surface area contributed by atoms with Crippen molar-refractivity contribution in [1.82, 2.24) is 5.32 Å². The van der Waals surface area contributed by atoms with Crippen molar-refractivity contribution in [2.75, 3.05) is 0 Å². The maximum Gasteiger partial charge on any atom is 0.280 e. The summed E-state index contributed by atoms with van der Waals surface area (Å²) < 4.78 is -0.0566. The lowest BCUT2D eigenvalue weighted by atomic mass is 9.92. The second-order valence-electron chi connectivity index (χ2n) is 4.54. The Bertz CT molecular complexity index is 286. The zero-order chi connectivity index (χ0) is 12.0. The molecule has 1 rings (SSSR count). The van der Waals surface area contributed by atoms with Gasteiger partial charge in [-0.05, 0) is 39.5 Å². The summed E-state index contributed by atoms with van der Waals surface area (Å²) >= 11 is 1.41. The van der Waals surface area contributed by atoms with Crippen LogP contribution >= 0.6 is 11.8 Å². The number of thioether (sulfide) groups is 1. The van der Waals surface area contributed by atoms with E-state index in [1.807, 2.05) is 19.9 Å². The van der Waals surface area contributed by atoms with E-state index in [1.54, 1.807) is 0 Å². The van der Waals surface area contributed by atoms with Gasteiger partial charge in [-0.3, -0.25) is 4.79 Å². The topological polar surface area (TPSA) is 29.1 Å². The first-order chi connectivity index (χ1) is 7.58. The number of rotatable bonds is 4. The van der Waals surface area contributed by atoms with Crippen molar-refractivity contribution in [2.45, 2.75) is 50.3 Å². The van der Waals surface area contributed by atoms with Gasteiger partial charge in [-0.1, -0.05) is 30.0 Å². The highest BCUT2D eigenvalue weighted by Gasteiger charge is 2.31. The number of hydrogen-bond acceptors (Lipinski definition) is 2. The Morgan fingerprint density at radius 3 is 2.94 bits per heavy atom. The summed E-state index contributed by atoms with van der Waals surface area (Å²) in [5.41, 5.74) is 0. The minimum Gasteiger partial charge on any atom is -0.345 e. The van der Waals surface area contributed by atoms with Crippen molar-refractivity contribution in [3.63, 3.8) is 0 Å². The number of allylic oxidation sites excluding steroid dienone is 2. The van der Waals surface area contributed by atoms with E-state index in [-0.39, 0.29) is 16.0 Å². The van der Waals surface area contributed by atoms with Gasteiger partial charge in [0.05, 0.1) is 0 Å². The van der Waals surface area contributed by atoms with E-state index in [2.05, 4.69) is 24.0 Å². The summed E-state index contributed by atoms with van der Waals surface area (Å²) in [5.74, 6) is 0. The largest absolute Gasteiger partial charge is 0.345 e. The highest BCUT2D eigenvalue weighted by Crippen LogP contribution is 2.39. The van der Waals surface area contributed by atoms with E-state index < -0.39 is 0 Å². The molecule has 0 heterocycles. The molecule has 16 heavy (non-hydrogen) atoms. The Kier molecular flexibility index (Phi) is 5.13. The van der Waals surface area contributed by atoms with Gasteiger partial charge in [0.1, 0.15) is 0 Å². The molecule has 0 saturated heterocycles. The van der Waals surface area contributed by atoms with Gasteiger partial charge in [-0.2, -0.15) is 0 Å². The Morgan fingerprint density at radius 1 is 1.69 bits per heavy atom. The van der Waals surface area contributed by atoms with Crippen LogP contribution in [0.25, 0.3) is 0 Å². The first-order valence-corrected chi connectivity index (χ1v) is 6.68. The number of nitrogens with one attached hydrogen (secondary N) is 1. The predicted octanol–water partition coefficient (Wildman–Crippen LogP) is 3.89. The monoisotopic (exact) mass is 239 g/mol. The minimum atomic E-state index is -0.0566. The molecule has 0 aromatic rings. The first-order valence-electron chi connectivity index (χ1n) is 5.86. The summed E-state index contributed by atoms with van der Waals surface area (Å²) in [6.07, 6.45) is 10.5. The van der Waals surface area contributed by atoms with Crippen LogP contribution in [0.2, 0.25) is 0 Å². The molecule has 0 bridgehead atoms. The zero-order valence-electron chi connectivity index (χ0n) is 10.2. The van der Waals surface area contributed by atoms with E-state index in [0.717, 1.165) is 25.7 Å². The predicted molar refractivity (Wildman–Crippen MR) is 71.8 cm³/mol. The van der Waals surface area contributed by atoms with Gasteiger partial charge in [0.2, 0.25) is 0 Å². The molecule has 0 fully saturated rings. The Morgan fingerprint density at radius 2 is 2.44 bits per heavy atom. The van der Waals surface area contributed by atoms with E-state index in [0.29, 0.717) is 0 Å². The van der Waals surface area contributed by atoms with Crippen molar-refractivity contribution < 1.29 is 4.79 Å². The molecule has 3 heteroatoms. The van der Waals surface area contributed by atoms with Crippen molar-refractivity contribution in [1.29, 1.82) is 0 Å². The Hall–Kier alpha value is -0.700. The van der Waals surface area contributed by atoms with Gasteiger partial charge in [-0.25, -0.2) is 0 Å². The molecule has 0 aliphatic heterocycles. The third-order valence-corrected chi connectivity index (χ3v) is 3.80. The lowest BCUT2D eigenvalue weighted by molar-refractivity contribution is 0.258. The maximum atomic E-state index is 11.8. The van der Waals surface area contributed by atoms with Crippen LogP contribution in [0.5, 0.6) is 0 Å². The second kappa shape index (κ2) is 6.14. The van der Waals surface area contributed by atoms with E-state index >= 15 is 0 Å². The summed E-state index contributed by atoms with van der Waals surface area (Å²) in [7, 11) is 0. The van der Waals surface area contributed by atoms with Crippen molar-refractivity contribution in [2.24, 2.45) is 0 Å². The molecule has 1 aliphatic rings. The average Bonchev–Trinajstić information content (AvgIpc) is 2.17. The summed E-state index contributed by atoms with van der Waals surface area (Å²) in [6.45, 7) is 7.75. The van der Waals surface area contributed by atoms with Crippen molar-refractivity contribution in [3.8, 4) is 0 Å². The summed E-state index contributed by atoms with van der Waals surface area (Å²) in [4.78, 5) is 11.8. The van der Waals surface area contributed by atoms with E-state index in [9.17, 15) is 4.79 Å². The van der Waals surface area contributed by atoms with Crippen molar-refractivity contribution >= 4 is 17.0 Å². The minimum absolute atomic E-state index is 0.0566. The molecule has 1 N–H and O–H groups in total. The van der Waals surface area contributed by atoms with Crippen LogP contribution in [0.3, 0.4) is 0 Å². The number of carbonyl (C=O) groups is 1. The quantitative estimate of drug-likeness (QED) is 0.754. The molecule has 0 unspecified atom stereocenters. The van der Waals surface area contributed by atoms with Crippen LogP contribution in [0, 0.1) is 0 Å². The van der Waals surface area contributed by atoms with Gasteiger partial charge < -0.3 is 5.32 Å². The lowest BCUT2D eigenvalue weighted by Gasteiger charge is -2.31. The average molecular weight is 239 g/mol. The fourth-order valence-electron chi connectivity index (χ4n) is 1.89. The molecular weight excluding hydrogens is 218 g/mol. The molecule has 2 nitrogen and oxygen atoms in total. The molecule has 1 atom stereocenters. The molecule has 0 spiro atoms. The highest BCUT2D eigenvalue weighted by atomic mass is 32.2. The Balaban J connectivity index is 2.63. The molecule has 1 aliphatic carbocycles. The van der Waals surface area contributed by atoms with Crippen LogP contribution in [0.4, 0.5) is 4.79 Å². The Labute approximate surface area is 103 Å². The molecule has 1 amide bonds. The normalized spacial score (nSPS) is 24.4. The van der Waals surface area contributed by atoms with E-state index in [1.165, 1.54) is 11.8 Å². The fourth-order valence-corrected chi connectivity index (χ4v) is 3.17. The highest BCUT2D eigenvalue weighted by molar-refractivity contribution is 8.14. The zero-order valence-corrected chi connectivity index (χ0v) is 11.0. The molecular formula is C13H21NOS. The third kappa shape index (κ3) is 4.05. The van der Waals surface area contributed by atoms with Crippen molar-refractivity contribution in [3.05, 3.63) is 24.8 Å². The third-order valence-electron chi connectivity index (χ3n) is 2.58. The number of hydrogen-bond donors (Lipinski definition) is 1. The summed E-state index contributed by atoms with van der Waals surface area (Å²) in [5, 5.41) is 3.00.